The summed E-state index contributed by atoms with van der Waals surface area (Å²) >= 11 is 6.01. The molecule has 0 radical (unpaired) electrons. The van der Waals surface area contributed by atoms with Gasteiger partial charge in [-0.1, -0.05) is 11.6 Å². The highest BCUT2D eigenvalue weighted by Crippen LogP contribution is 2.29. The lowest BCUT2D eigenvalue weighted by Gasteiger charge is -2.32. The van der Waals surface area contributed by atoms with E-state index in [4.69, 9.17) is 16.3 Å². The topological polar surface area (TPSA) is 87.7 Å². The Bertz CT molecular complexity index is 791. The van der Waals surface area contributed by atoms with Crippen molar-refractivity contribution in [1.82, 2.24) is 19.8 Å². The fourth-order valence-corrected chi connectivity index (χ4v) is 2.78. The first-order valence-corrected chi connectivity index (χ1v) is 8.39. The van der Waals surface area contributed by atoms with Crippen LogP contribution in [0.5, 0.6) is 5.75 Å². The van der Waals surface area contributed by atoms with E-state index in [1.807, 2.05) is 0 Å². The first-order valence-electron chi connectivity index (χ1n) is 8.02. The second-order valence-electron chi connectivity index (χ2n) is 5.69. The largest absolute Gasteiger partial charge is 0.495 e. The van der Waals surface area contributed by atoms with E-state index in [1.165, 1.54) is 12.4 Å². The number of nitrogens with one attached hydrogen (secondary N) is 1. The Hall–Kier alpha value is -2.87. The van der Waals surface area contributed by atoms with E-state index in [1.54, 1.807) is 35.1 Å². The maximum absolute atomic E-state index is 12.5. The lowest BCUT2D eigenvalue weighted by Crippen LogP contribution is -2.48. The highest BCUT2D eigenvalue weighted by molar-refractivity contribution is 6.31. The zero-order valence-corrected chi connectivity index (χ0v) is 14.9. The van der Waals surface area contributed by atoms with Gasteiger partial charge in [-0.3, -0.25) is 9.59 Å². The molecule has 1 N–H and O–H groups in total. The highest BCUT2D eigenvalue weighted by Gasteiger charge is 2.22. The zero-order valence-electron chi connectivity index (χ0n) is 14.2. The summed E-state index contributed by atoms with van der Waals surface area (Å²) in [5, 5.41) is 3.63. The molecule has 2 heterocycles. The Kier molecular flexibility index (Phi) is 5.52. The van der Waals surface area contributed by atoms with E-state index < -0.39 is 0 Å². The maximum Gasteiger partial charge on any atom is 0.274 e. The monoisotopic (exact) mass is 375 g/mol. The van der Waals surface area contributed by atoms with E-state index >= 15 is 0 Å². The maximum atomic E-state index is 12.5. The summed E-state index contributed by atoms with van der Waals surface area (Å²) in [5.74, 6) is 0.882. The average Bonchev–Trinajstić information content (AvgIpc) is 2.68. The molecule has 9 heteroatoms. The Morgan fingerprint density at radius 1 is 1.23 bits per heavy atom. The van der Waals surface area contributed by atoms with Crippen LogP contribution >= 0.6 is 11.6 Å². The minimum atomic E-state index is -0.199. The van der Waals surface area contributed by atoms with Crippen LogP contribution in [0, 0.1) is 0 Å². The summed E-state index contributed by atoms with van der Waals surface area (Å²) in [7, 11) is 1.56. The van der Waals surface area contributed by atoms with Crippen molar-refractivity contribution < 1.29 is 14.3 Å². The number of amides is 2. The van der Waals surface area contributed by atoms with Crippen molar-refractivity contribution in [2.75, 3.05) is 38.6 Å². The molecule has 3 rings (SSSR count). The number of aromatic nitrogens is 2. The molecular weight excluding hydrogens is 358 g/mol. The number of anilines is 2. The molecule has 8 nitrogen and oxygen atoms in total. The summed E-state index contributed by atoms with van der Waals surface area (Å²) in [6, 6.07) is 5.19. The van der Waals surface area contributed by atoms with Gasteiger partial charge in [-0.25, -0.2) is 9.97 Å². The number of benzene rings is 1. The third-order valence-corrected chi connectivity index (χ3v) is 4.28. The molecule has 0 atom stereocenters. The number of piperazine rings is 1. The van der Waals surface area contributed by atoms with Gasteiger partial charge >= 0.3 is 0 Å². The first kappa shape index (κ1) is 17.9. The molecule has 2 aromatic rings. The van der Waals surface area contributed by atoms with Crippen LogP contribution in [0.2, 0.25) is 5.02 Å². The van der Waals surface area contributed by atoms with Crippen LogP contribution in [0.25, 0.3) is 0 Å². The molecule has 0 bridgehead atoms. The minimum absolute atomic E-state index is 0.199. The van der Waals surface area contributed by atoms with E-state index in [0.29, 0.717) is 48.5 Å². The van der Waals surface area contributed by atoms with Crippen molar-refractivity contribution in [3.8, 4) is 5.75 Å². The van der Waals surface area contributed by atoms with Crippen LogP contribution < -0.4 is 10.1 Å². The van der Waals surface area contributed by atoms with Gasteiger partial charge in [0.15, 0.2) is 0 Å². The third-order valence-electron chi connectivity index (χ3n) is 4.05. The lowest BCUT2D eigenvalue weighted by molar-refractivity contribution is -0.119. The molecule has 1 aliphatic rings. The van der Waals surface area contributed by atoms with Crippen LogP contribution in [0.4, 0.5) is 11.5 Å². The molecule has 26 heavy (non-hydrogen) atoms. The fraction of sp³-hybridized carbons (Fsp3) is 0.294. The van der Waals surface area contributed by atoms with Crippen molar-refractivity contribution in [1.29, 1.82) is 0 Å². The summed E-state index contributed by atoms with van der Waals surface area (Å²) in [5.41, 5.74) is 0.909. The Balaban J connectivity index is 1.68. The van der Waals surface area contributed by atoms with Crippen molar-refractivity contribution in [3.05, 3.63) is 41.3 Å². The van der Waals surface area contributed by atoms with Gasteiger partial charge in [0.25, 0.3) is 5.91 Å². The summed E-state index contributed by atoms with van der Waals surface area (Å²) in [6.45, 7) is 2.02. The average molecular weight is 376 g/mol. The molecule has 1 fully saturated rings. The molecule has 1 saturated heterocycles. The van der Waals surface area contributed by atoms with Gasteiger partial charge in [0.1, 0.15) is 17.3 Å². The zero-order chi connectivity index (χ0) is 18.5. The number of hydrogen-bond donors (Lipinski definition) is 1. The van der Waals surface area contributed by atoms with Crippen LogP contribution in [-0.2, 0) is 4.79 Å². The molecule has 1 aromatic heterocycles. The quantitative estimate of drug-likeness (QED) is 0.802. The van der Waals surface area contributed by atoms with Gasteiger partial charge in [-0.2, -0.15) is 0 Å². The molecule has 1 aliphatic heterocycles. The SMILES string of the molecule is COc1ccc(Cl)cc1Nc1cnc(C(=O)N2CCN(C=O)CC2)cn1. The third kappa shape index (κ3) is 4.02. The predicted molar refractivity (Wildman–Crippen MR) is 96.9 cm³/mol. The number of nitrogens with zero attached hydrogens (tertiary/aromatic N) is 4. The Morgan fingerprint density at radius 2 is 2.00 bits per heavy atom. The Labute approximate surface area is 155 Å². The van der Waals surface area contributed by atoms with Crippen LogP contribution in [0.15, 0.2) is 30.6 Å². The lowest BCUT2D eigenvalue weighted by atomic mass is 10.3. The minimum Gasteiger partial charge on any atom is -0.495 e. The van der Waals surface area contributed by atoms with E-state index in [0.717, 1.165) is 6.41 Å². The fourth-order valence-electron chi connectivity index (χ4n) is 2.61. The standard InChI is InChI=1S/C17H18ClN5O3/c1-26-15-3-2-12(18)8-13(15)21-16-10-19-14(9-20-16)17(25)23-6-4-22(11-24)5-7-23/h2-3,8-11H,4-7H2,1H3,(H,20,21). The van der Waals surface area contributed by atoms with Gasteiger partial charge in [-0.05, 0) is 18.2 Å². The van der Waals surface area contributed by atoms with Crippen LogP contribution in [-0.4, -0.2) is 65.4 Å². The first-order chi connectivity index (χ1) is 12.6. The summed E-state index contributed by atoms with van der Waals surface area (Å²) in [4.78, 5) is 34.9. The van der Waals surface area contributed by atoms with Gasteiger partial charge < -0.3 is 19.9 Å². The van der Waals surface area contributed by atoms with Gasteiger partial charge in [0, 0.05) is 31.2 Å². The van der Waals surface area contributed by atoms with Gasteiger partial charge in [0.05, 0.1) is 25.2 Å². The molecule has 0 unspecified atom stereocenters. The number of rotatable bonds is 5. The smallest absolute Gasteiger partial charge is 0.274 e. The van der Waals surface area contributed by atoms with Gasteiger partial charge in [0.2, 0.25) is 6.41 Å². The number of halogens is 1. The van der Waals surface area contributed by atoms with Crippen molar-refractivity contribution >= 4 is 35.4 Å². The van der Waals surface area contributed by atoms with Gasteiger partial charge in [-0.15, -0.1) is 0 Å². The summed E-state index contributed by atoms with van der Waals surface area (Å²) in [6.07, 6.45) is 3.70. The number of ether oxygens (including phenoxy) is 1. The number of carbonyl (C=O) groups excluding carboxylic acids is 2. The molecule has 0 aliphatic carbocycles. The molecule has 2 amide bonds. The second kappa shape index (κ2) is 8.01. The van der Waals surface area contributed by atoms with Crippen LogP contribution in [0.3, 0.4) is 0 Å². The normalized spacial score (nSPS) is 14.1. The Morgan fingerprint density at radius 3 is 2.62 bits per heavy atom. The number of carbonyl (C=O) groups is 2. The van der Waals surface area contributed by atoms with Crippen LogP contribution in [0.1, 0.15) is 10.5 Å². The molecule has 136 valence electrons. The highest BCUT2D eigenvalue weighted by atomic mass is 35.5. The molecule has 0 saturated carbocycles. The summed E-state index contributed by atoms with van der Waals surface area (Å²) < 4.78 is 5.27. The molecule has 0 spiro atoms. The van der Waals surface area contributed by atoms with Crippen molar-refractivity contribution in [3.63, 3.8) is 0 Å². The van der Waals surface area contributed by atoms with Crippen molar-refractivity contribution in [2.24, 2.45) is 0 Å². The molecule has 1 aromatic carbocycles. The van der Waals surface area contributed by atoms with E-state index in [-0.39, 0.29) is 11.6 Å². The molecular formula is C17H18ClN5O3. The van der Waals surface area contributed by atoms with E-state index in [9.17, 15) is 9.59 Å². The predicted octanol–water partition coefficient (Wildman–Crippen LogP) is 1.80. The number of methoxy groups -OCH3 is 1. The number of hydrogen-bond acceptors (Lipinski definition) is 6. The van der Waals surface area contributed by atoms with Crippen molar-refractivity contribution in [2.45, 2.75) is 0 Å². The van der Waals surface area contributed by atoms with E-state index in [2.05, 4.69) is 15.3 Å². The second-order valence-corrected chi connectivity index (χ2v) is 6.13.